The van der Waals surface area contributed by atoms with E-state index in [0.29, 0.717) is 23.5 Å². The lowest BCUT2D eigenvalue weighted by molar-refractivity contribution is 0.0817. The SMILES string of the molecule is Cl.O=c1cc(C2CCCC2)oc2ccc(OCCCCCCN3CCC(O)CC3)cc12. The Labute approximate surface area is 191 Å². The van der Waals surface area contributed by atoms with E-state index >= 15 is 0 Å². The van der Waals surface area contributed by atoms with Crippen molar-refractivity contribution in [2.75, 3.05) is 26.2 Å². The van der Waals surface area contributed by atoms with Gasteiger partial charge in [-0.15, -0.1) is 12.4 Å². The zero-order valence-corrected chi connectivity index (χ0v) is 19.2. The Hall–Kier alpha value is -1.56. The van der Waals surface area contributed by atoms with Gasteiger partial charge in [0.05, 0.1) is 18.1 Å². The Bertz CT molecular complexity index is 869. The Morgan fingerprint density at radius 1 is 1.00 bits per heavy atom. The van der Waals surface area contributed by atoms with Gasteiger partial charge in [0.15, 0.2) is 5.43 Å². The normalized spacial score (nSPS) is 18.4. The van der Waals surface area contributed by atoms with Crippen LogP contribution in [0, 0.1) is 0 Å². The van der Waals surface area contributed by atoms with Gasteiger partial charge in [0.2, 0.25) is 0 Å². The number of hydrogen-bond acceptors (Lipinski definition) is 5. The summed E-state index contributed by atoms with van der Waals surface area (Å²) in [6.45, 7) is 3.87. The molecule has 1 aromatic heterocycles. The van der Waals surface area contributed by atoms with Crippen LogP contribution in [-0.4, -0.2) is 42.4 Å². The van der Waals surface area contributed by atoms with Crippen LogP contribution in [0.5, 0.6) is 5.75 Å². The second kappa shape index (κ2) is 11.9. The van der Waals surface area contributed by atoms with Crippen molar-refractivity contribution in [3.63, 3.8) is 0 Å². The number of halogens is 1. The van der Waals surface area contributed by atoms with E-state index in [1.807, 2.05) is 18.2 Å². The molecule has 172 valence electrons. The lowest BCUT2D eigenvalue weighted by Crippen LogP contribution is -2.36. The Morgan fingerprint density at radius 3 is 2.52 bits per heavy atom. The zero-order valence-electron chi connectivity index (χ0n) is 18.4. The van der Waals surface area contributed by atoms with Crippen LogP contribution in [0.2, 0.25) is 0 Å². The maximum Gasteiger partial charge on any atom is 0.193 e. The third kappa shape index (κ3) is 6.71. The molecule has 0 amide bonds. The van der Waals surface area contributed by atoms with Crippen LogP contribution in [0.1, 0.15) is 75.9 Å². The fourth-order valence-corrected chi connectivity index (χ4v) is 4.78. The van der Waals surface area contributed by atoms with Gasteiger partial charge in [-0.3, -0.25) is 4.79 Å². The maximum absolute atomic E-state index is 12.6. The quantitative estimate of drug-likeness (QED) is 0.528. The standard InChI is InChI=1S/C25H35NO4.ClH/c27-20-11-14-26(15-12-20)13-5-1-2-6-16-29-21-9-10-24-22(17-21)23(28)18-25(30-24)19-7-3-4-8-19;/h9-10,17-20,27H,1-8,11-16H2;1H. The summed E-state index contributed by atoms with van der Waals surface area (Å²) < 4.78 is 11.9. The first-order valence-electron chi connectivity index (χ1n) is 11.8. The Morgan fingerprint density at radius 2 is 1.74 bits per heavy atom. The summed E-state index contributed by atoms with van der Waals surface area (Å²) in [7, 11) is 0. The highest BCUT2D eigenvalue weighted by Gasteiger charge is 2.20. The molecule has 4 rings (SSSR count). The number of benzene rings is 1. The molecule has 1 aliphatic carbocycles. The summed E-state index contributed by atoms with van der Waals surface area (Å²) in [6.07, 6.45) is 11.0. The van der Waals surface area contributed by atoms with Gasteiger partial charge in [0.25, 0.3) is 0 Å². The summed E-state index contributed by atoms with van der Waals surface area (Å²) in [6, 6.07) is 7.30. The minimum atomic E-state index is -0.0887. The van der Waals surface area contributed by atoms with Gasteiger partial charge in [0, 0.05) is 25.1 Å². The second-order valence-corrected chi connectivity index (χ2v) is 8.99. The molecule has 1 aromatic carbocycles. The monoisotopic (exact) mass is 449 g/mol. The molecule has 1 saturated heterocycles. The fraction of sp³-hybridized carbons (Fsp3) is 0.640. The highest BCUT2D eigenvalue weighted by Crippen LogP contribution is 2.34. The second-order valence-electron chi connectivity index (χ2n) is 8.99. The lowest BCUT2D eigenvalue weighted by atomic mass is 10.0. The van der Waals surface area contributed by atoms with E-state index in [1.165, 1.54) is 25.7 Å². The first kappa shape index (κ1) is 24.1. The molecule has 6 heteroatoms. The number of piperidine rings is 1. The third-order valence-electron chi connectivity index (χ3n) is 6.67. The van der Waals surface area contributed by atoms with Crippen molar-refractivity contribution in [1.82, 2.24) is 4.90 Å². The smallest absolute Gasteiger partial charge is 0.193 e. The molecule has 0 bridgehead atoms. The van der Waals surface area contributed by atoms with Crippen molar-refractivity contribution in [1.29, 1.82) is 0 Å². The van der Waals surface area contributed by atoms with E-state index < -0.39 is 0 Å². The molecule has 0 radical (unpaired) electrons. The molecule has 1 N–H and O–H groups in total. The predicted molar refractivity (Wildman–Crippen MR) is 127 cm³/mol. The minimum Gasteiger partial charge on any atom is -0.494 e. The molecule has 0 spiro atoms. The maximum atomic E-state index is 12.6. The number of hydrogen-bond donors (Lipinski definition) is 1. The summed E-state index contributed by atoms with van der Waals surface area (Å²) in [4.78, 5) is 15.0. The van der Waals surface area contributed by atoms with Gasteiger partial charge < -0.3 is 19.2 Å². The predicted octanol–water partition coefficient (Wildman–Crippen LogP) is 5.27. The van der Waals surface area contributed by atoms with Gasteiger partial charge in [-0.25, -0.2) is 0 Å². The molecule has 2 aromatic rings. The highest BCUT2D eigenvalue weighted by atomic mass is 35.5. The van der Waals surface area contributed by atoms with Crippen LogP contribution in [-0.2, 0) is 0 Å². The van der Waals surface area contributed by atoms with Crippen LogP contribution >= 0.6 is 12.4 Å². The van der Waals surface area contributed by atoms with Crippen molar-refractivity contribution < 1.29 is 14.3 Å². The number of rotatable bonds is 9. The molecule has 2 fully saturated rings. The average molecular weight is 450 g/mol. The topological polar surface area (TPSA) is 62.9 Å². The highest BCUT2D eigenvalue weighted by molar-refractivity contribution is 5.85. The summed E-state index contributed by atoms with van der Waals surface area (Å²) in [5, 5.41) is 10.2. The van der Waals surface area contributed by atoms with E-state index in [2.05, 4.69) is 4.90 Å². The summed E-state index contributed by atoms with van der Waals surface area (Å²) >= 11 is 0. The Balaban J connectivity index is 0.00000272. The van der Waals surface area contributed by atoms with E-state index in [1.54, 1.807) is 6.07 Å². The number of fused-ring (bicyclic) bond motifs is 1. The molecule has 31 heavy (non-hydrogen) atoms. The van der Waals surface area contributed by atoms with Crippen LogP contribution in [0.3, 0.4) is 0 Å². The first-order chi connectivity index (χ1) is 14.7. The van der Waals surface area contributed by atoms with Crippen molar-refractivity contribution in [3.05, 3.63) is 40.2 Å². The van der Waals surface area contributed by atoms with Crippen molar-refractivity contribution in [2.45, 2.75) is 76.2 Å². The number of unbranched alkanes of at least 4 members (excludes halogenated alkanes) is 3. The van der Waals surface area contributed by atoms with Crippen LogP contribution in [0.15, 0.2) is 33.5 Å². The van der Waals surface area contributed by atoms with Crippen LogP contribution in [0.4, 0.5) is 0 Å². The number of likely N-dealkylation sites (tertiary alicyclic amines) is 1. The lowest BCUT2D eigenvalue weighted by Gasteiger charge is -2.29. The Kier molecular flexibility index (Phi) is 9.24. The van der Waals surface area contributed by atoms with Gasteiger partial charge >= 0.3 is 0 Å². The molecule has 2 aliphatic rings. The van der Waals surface area contributed by atoms with E-state index in [-0.39, 0.29) is 23.9 Å². The number of aliphatic hydroxyl groups excluding tert-OH is 1. The average Bonchev–Trinajstić information content (AvgIpc) is 3.29. The molecule has 5 nitrogen and oxygen atoms in total. The molecule has 0 unspecified atom stereocenters. The molecule has 1 saturated carbocycles. The summed E-state index contributed by atoms with van der Waals surface area (Å²) in [5.41, 5.74) is 0.704. The number of ether oxygens (including phenoxy) is 1. The van der Waals surface area contributed by atoms with Gasteiger partial charge in [0.1, 0.15) is 17.1 Å². The summed E-state index contributed by atoms with van der Waals surface area (Å²) in [5.74, 6) is 1.99. The van der Waals surface area contributed by atoms with Crippen LogP contribution in [0.25, 0.3) is 11.0 Å². The zero-order chi connectivity index (χ0) is 20.8. The largest absolute Gasteiger partial charge is 0.494 e. The van der Waals surface area contributed by atoms with E-state index in [0.717, 1.165) is 69.7 Å². The van der Waals surface area contributed by atoms with Crippen LogP contribution < -0.4 is 10.2 Å². The number of aliphatic hydroxyl groups is 1. The van der Waals surface area contributed by atoms with E-state index in [4.69, 9.17) is 9.15 Å². The first-order valence-corrected chi connectivity index (χ1v) is 11.8. The number of nitrogens with zero attached hydrogens (tertiary/aromatic N) is 1. The van der Waals surface area contributed by atoms with E-state index in [9.17, 15) is 9.90 Å². The van der Waals surface area contributed by atoms with Gasteiger partial charge in [-0.05, 0) is 63.3 Å². The molecular weight excluding hydrogens is 414 g/mol. The molecule has 0 atom stereocenters. The molecule has 2 heterocycles. The van der Waals surface area contributed by atoms with Gasteiger partial charge in [-0.1, -0.05) is 25.7 Å². The third-order valence-corrected chi connectivity index (χ3v) is 6.67. The molecular formula is C25H36ClNO4. The minimum absolute atomic E-state index is 0. The van der Waals surface area contributed by atoms with Crippen molar-refractivity contribution >= 4 is 23.4 Å². The van der Waals surface area contributed by atoms with Gasteiger partial charge in [-0.2, -0.15) is 0 Å². The molecule has 1 aliphatic heterocycles. The van der Waals surface area contributed by atoms with Crippen molar-refractivity contribution in [3.8, 4) is 5.75 Å². The van der Waals surface area contributed by atoms with Crippen molar-refractivity contribution in [2.24, 2.45) is 0 Å². The fourth-order valence-electron chi connectivity index (χ4n) is 4.78.